The third kappa shape index (κ3) is 2.55. The smallest absolute Gasteiger partial charge is 0.235 e. The van der Waals surface area contributed by atoms with Gasteiger partial charge in [0.05, 0.1) is 5.41 Å². The summed E-state index contributed by atoms with van der Waals surface area (Å²) in [7, 11) is 0. The Morgan fingerprint density at radius 2 is 2.00 bits per heavy atom. The molecule has 1 aliphatic carbocycles. The Kier molecular flexibility index (Phi) is 4.64. The number of unbranched alkanes of at least 4 members (excludes halogenated alkanes) is 1. The van der Waals surface area contributed by atoms with Crippen LogP contribution in [0.4, 0.5) is 0 Å². The first-order chi connectivity index (χ1) is 10.3. The molecular formula is C17H28N2O3. The molecule has 124 valence electrons. The lowest BCUT2D eigenvalue weighted by Crippen LogP contribution is -2.59. The third-order valence-corrected chi connectivity index (χ3v) is 5.92. The fourth-order valence-corrected chi connectivity index (χ4v) is 3.82. The number of carbonyl (C=O) groups is 3. The van der Waals surface area contributed by atoms with E-state index in [1.165, 1.54) is 4.90 Å². The van der Waals surface area contributed by atoms with E-state index in [1.54, 1.807) is 0 Å². The second-order valence-electron chi connectivity index (χ2n) is 7.39. The van der Waals surface area contributed by atoms with Crippen LogP contribution in [0.15, 0.2) is 0 Å². The molecule has 5 nitrogen and oxygen atoms in total. The summed E-state index contributed by atoms with van der Waals surface area (Å²) >= 11 is 0. The molecule has 0 aromatic heterocycles. The number of piperidine rings is 1. The van der Waals surface area contributed by atoms with Gasteiger partial charge in [0.15, 0.2) is 0 Å². The molecule has 1 saturated carbocycles. The maximum absolute atomic E-state index is 12.8. The molecule has 1 heterocycles. The predicted octanol–water partition coefficient (Wildman–Crippen LogP) is 2.10. The molecule has 0 spiro atoms. The summed E-state index contributed by atoms with van der Waals surface area (Å²) in [5.74, 6) is -0.376. The predicted molar refractivity (Wildman–Crippen MR) is 83.9 cm³/mol. The maximum Gasteiger partial charge on any atom is 0.235 e. The van der Waals surface area contributed by atoms with Crippen molar-refractivity contribution < 1.29 is 14.4 Å². The molecule has 0 aromatic carbocycles. The third-order valence-electron chi connectivity index (χ3n) is 5.92. The van der Waals surface area contributed by atoms with Gasteiger partial charge in [-0.3, -0.25) is 19.3 Å². The lowest BCUT2D eigenvalue weighted by Gasteiger charge is -2.47. The van der Waals surface area contributed by atoms with Gasteiger partial charge in [0.2, 0.25) is 17.7 Å². The molecular weight excluding hydrogens is 280 g/mol. The lowest BCUT2D eigenvalue weighted by molar-refractivity contribution is -0.167. The Hall–Kier alpha value is -1.39. The van der Waals surface area contributed by atoms with Crippen molar-refractivity contribution in [2.75, 3.05) is 13.1 Å². The molecule has 2 rings (SSSR count). The minimum atomic E-state index is -0.482. The van der Waals surface area contributed by atoms with Crippen LogP contribution in [-0.4, -0.2) is 35.7 Å². The average molecular weight is 308 g/mol. The van der Waals surface area contributed by atoms with Crippen molar-refractivity contribution in [1.82, 2.24) is 10.2 Å². The summed E-state index contributed by atoms with van der Waals surface area (Å²) in [4.78, 5) is 38.5. The van der Waals surface area contributed by atoms with Gasteiger partial charge in [-0.2, -0.15) is 0 Å². The van der Waals surface area contributed by atoms with Crippen LogP contribution in [0.1, 0.15) is 59.8 Å². The number of nitrogens with zero attached hydrogens (tertiary/aromatic N) is 1. The van der Waals surface area contributed by atoms with Crippen molar-refractivity contribution >= 4 is 17.7 Å². The minimum absolute atomic E-state index is 0.0867. The van der Waals surface area contributed by atoms with E-state index in [-0.39, 0.29) is 42.0 Å². The van der Waals surface area contributed by atoms with Crippen LogP contribution in [0, 0.1) is 16.7 Å². The quantitative estimate of drug-likeness (QED) is 0.603. The van der Waals surface area contributed by atoms with Gasteiger partial charge < -0.3 is 5.32 Å². The summed E-state index contributed by atoms with van der Waals surface area (Å²) in [5.41, 5.74) is -0.773. The van der Waals surface area contributed by atoms with E-state index in [1.807, 2.05) is 20.8 Å². The van der Waals surface area contributed by atoms with E-state index in [0.29, 0.717) is 6.54 Å². The monoisotopic (exact) mass is 308 g/mol. The van der Waals surface area contributed by atoms with Crippen LogP contribution in [0.2, 0.25) is 0 Å². The summed E-state index contributed by atoms with van der Waals surface area (Å²) in [6.45, 7) is 8.94. The summed E-state index contributed by atoms with van der Waals surface area (Å²) in [6, 6.07) is 0. The highest BCUT2D eigenvalue weighted by atomic mass is 16.2. The molecule has 2 atom stereocenters. The fraction of sp³-hybridized carbons (Fsp3) is 0.824. The van der Waals surface area contributed by atoms with E-state index < -0.39 is 5.41 Å². The molecule has 5 heteroatoms. The lowest BCUT2D eigenvalue weighted by atomic mass is 9.62. The Morgan fingerprint density at radius 3 is 2.64 bits per heavy atom. The average Bonchev–Trinajstić information content (AvgIpc) is 2.64. The van der Waals surface area contributed by atoms with E-state index in [4.69, 9.17) is 0 Å². The first kappa shape index (κ1) is 17.0. The van der Waals surface area contributed by atoms with E-state index in [2.05, 4.69) is 12.2 Å². The van der Waals surface area contributed by atoms with E-state index >= 15 is 0 Å². The van der Waals surface area contributed by atoms with Crippen LogP contribution >= 0.6 is 0 Å². The Balaban J connectivity index is 2.00. The zero-order chi connectivity index (χ0) is 16.5. The Labute approximate surface area is 132 Å². The largest absolute Gasteiger partial charge is 0.356 e. The van der Waals surface area contributed by atoms with Crippen molar-refractivity contribution in [2.24, 2.45) is 16.7 Å². The molecule has 2 aliphatic rings. The van der Waals surface area contributed by atoms with Gasteiger partial charge in [0.1, 0.15) is 0 Å². The van der Waals surface area contributed by atoms with Crippen LogP contribution in [0.3, 0.4) is 0 Å². The topological polar surface area (TPSA) is 66.5 Å². The standard InChI is InChI=1S/C17H28N2O3/c1-5-6-10-18-13(20)8-11-19-14(21)12-7-9-17(4,15(19)22)16(12,2)3/h12H,5-11H2,1-4H3,(H,18,20). The molecule has 0 aromatic rings. The Bertz CT molecular complexity index is 486. The van der Waals surface area contributed by atoms with E-state index in [9.17, 15) is 14.4 Å². The van der Waals surface area contributed by atoms with Crippen LogP contribution in [0.25, 0.3) is 0 Å². The van der Waals surface area contributed by atoms with Gasteiger partial charge in [0, 0.05) is 25.4 Å². The zero-order valence-electron chi connectivity index (χ0n) is 14.2. The molecule has 2 bridgehead atoms. The summed E-state index contributed by atoms with van der Waals surface area (Å²) < 4.78 is 0. The van der Waals surface area contributed by atoms with Crippen molar-refractivity contribution in [3.05, 3.63) is 0 Å². The van der Waals surface area contributed by atoms with Gasteiger partial charge in [-0.1, -0.05) is 34.1 Å². The number of carbonyl (C=O) groups excluding carboxylic acids is 3. The van der Waals surface area contributed by atoms with Crippen LogP contribution < -0.4 is 5.32 Å². The van der Waals surface area contributed by atoms with Gasteiger partial charge in [-0.15, -0.1) is 0 Å². The fourth-order valence-electron chi connectivity index (χ4n) is 3.82. The van der Waals surface area contributed by atoms with Gasteiger partial charge in [-0.25, -0.2) is 0 Å². The second kappa shape index (κ2) is 6.01. The van der Waals surface area contributed by atoms with Crippen molar-refractivity contribution in [2.45, 2.75) is 59.8 Å². The number of amides is 3. The highest BCUT2D eigenvalue weighted by Gasteiger charge is 2.64. The van der Waals surface area contributed by atoms with E-state index in [0.717, 1.165) is 25.7 Å². The maximum atomic E-state index is 12.8. The number of nitrogens with one attached hydrogen (secondary N) is 1. The highest BCUT2D eigenvalue weighted by Crippen LogP contribution is 2.59. The summed E-state index contributed by atoms with van der Waals surface area (Å²) in [6.07, 6.45) is 3.70. The molecule has 2 fully saturated rings. The number of likely N-dealkylation sites (tertiary alicyclic amines) is 1. The molecule has 1 saturated heterocycles. The first-order valence-corrected chi connectivity index (χ1v) is 8.38. The number of rotatable bonds is 6. The van der Waals surface area contributed by atoms with Gasteiger partial charge in [0.25, 0.3) is 0 Å². The number of fused-ring (bicyclic) bond motifs is 2. The highest BCUT2D eigenvalue weighted by molar-refractivity contribution is 6.04. The number of hydrogen-bond acceptors (Lipinski definition) is 3. The second-order valence-corrected chi connectivity index (χ2v) is 7.39. The molecule has 1 N–H and O–H groups in total. The zero-order valence-corrected chi connectivity index (χ0v) is 14.2. The van der Waals surface area contributed by atoms with Crippen LogP contribution in [-0.2, 0) is 14.4 Å². The normalized spacial score (nSPS) is 29.8. The number of imide groups is 1. The minimum Gasteiger partial charge on any atom is -0.356 e. The molecule has 2 unspecified atom stereocenters. The SMILES string of the molecule is CCCCNC(=O)CCN1C(=O)C2CCC(C)(C1=O)C2(C)C. The molecule has 22 heavy (non-hydrogen) atoms. The van der Waals surface area contributed by atoms with Crippen LogP contribution in [0.5, 0.6) is 0 Å². The Morgan fingerprint density at radius 1 is 1.32 bits per heavy atom. The molecule has 1 aliphatic heterocycles. The molecule has 3 amide bonds. The first-order valence-electron chi connectivity index (χ1n) is 8.38. The van der Waals surface area contributed by atoms with Crippen molar-refractivity contribution in [3.8, 4) is 0 Å². The van der Waals surface area contributed by atoms with Gasteiger partial charge >= 0.3 is 0 Å². The van der Waals surface area contributed by atoms with Gasteiger partial charge in [-0.05, 0) is 24.7 Å². The summed E-state index contributed by atoms with van der Waals surface area (Å²) in [5, 5.41) is 2.83. The number of hydrogen-bond donors (Lipinski definition) is 1. The van der Waals surface area contributed by atoms with Crippen molar-refractivity contribution in [3.63, 3.8) is 0 Å². The molecule has 0 radical (unpaired) electrons. The van der Waals surface area contributed by atoms with Crippen molar-refractivity contribution in [1.29, 1.82) is 0 Å².